The van der Waals surface area contributed by atoms with E-state index < -0.39 is 11.0 Å². The molecule has 0 saturated carbocycles. The van der Waals surface area contributed by atoms with Gasteiger partial charge in [-0.25, -0.2) is 4.79 Å². The maximum Gasteiger partial charge on any atom is 0.310 e. The molecule has 2 aromatic rings. The molecule has 0 bridgehead atoms. The number of aromatic nitrogens is 2. The number of nitro groups is 1. The molecule has 1 aromatic heterocycles. The highest BCUT2D eigenvalue weighted by Crippen LogP contribution is 2.32. The lowest BCUT2D eigenvalue weighted by Gasteiger charge is -2.11. The molecule has 1 heterocycles. The first kappa shape index (κ1) is 13.8. The highest BCUT2D eigenvalue weighted by Gasteiger charge is 2.19. The number of carbonyl (C=O) groups excluding carboxylic acids is 1. The van der Waals surface area contributed by atoms with Crippen molar-refractivity contribution in [1.29, 1.82) is 0 Å². The number of nitro benzene ring substituents is 1. The Labute approximate surface area is 116 Å². The van der Waals surface area contributed by atoms with Crippen molar-refractivity contribution in [2.75, 3.05) is 0 Å². The Morgan fingerprint density at radius 3 is 2.90 bits per heavy atom. The summed E-state index contributed by atoms with van der Waals surface area (Å²) in [6.45, 7) is 1.67. The molecule has 20 heavy (non-hydrogen) atoms. The number of rotatable bonds is 5. The van der Waals surface area contributed by atoms with Crippen molar-refractivity contribution in [2.24, 2.45) is 4.99 Å². The summed E-state index contributed by atoms with van der Waals surface area (Å²) in [4.78, 5) is 23.8. The summed E-state index contributed by atoms with van der Waals surface area (Å²) in [6, 6.07) is 6.04. The molecule has 1 atom stereocenters. The van der Waals surface area contributed by atoms with Gasteiger partial charge in [-0.3, -0.25) is 10.1 Å². The van der Waals surface area contributed by atoms with Crippen LogP contribution in [-0.2, 0) is 4.79 Å². The quantitative estimate of drug-likeness (QED) is 0.362. The fourth-order valence-electron chi connectivity index (χ4n) is 1.42. The average molecular weight is 292 g/mol. The zero-order valence-corrected chi connectivity index (χ0v) is 11.0. The van der Waals surface area contributed by atoms with Gasteiger partial charge in [-0.15, -0.1) is 15.2 Å². The van der Waals surface area contributed by atoms with E-state index in [0.717, 1.165) is 11.3 Å². The zero-order chi connectivity index (χ0) is 14.5. The van der Waals surface area contributed by atoms with Crippen LogP contribution in [0.25, 0.3) is 0 Å². The second-order valence-electron chi connectivity index (χ2n) is 3.61. The van der Waals surface area contributed by atoms with E-state index in [1.807, 2.05) is 0 Å². The minimum Gasteiger partial charge on any atom is -0.476 e. The number of aliphatic imine (C=N–C) groups is 1. The molecule has 9 heteroatoms. The van der Waals surface area contributed by atoms with Crippen LogP contribution in [-0.4, -0.2) is 21.2 Å². The summed E-state index contributed by atoms with van der Waals surface area (Å²) < 4.78 is 5.51. The van der Waals surface area contributed by atoms with Crippen molar-refractivity contribution in [3.8, 4) is 5.75 Å². The molecule has 0 radical (unpaired) electrons. The number of para-hydroxylation sites is 2. The molecule has 2 rings (SSSR count). The Bertz CT molecular complexity index is 681. The van der Waals surface area contributed by atoms with Gasteiger partial charge in [-0.1, -0.05) is 23.5 Å². The monoisotopic (exact) mass is 292 g/mol. The molecule has 1 aromatic carbocycles. The first-order chi connectivity index (χ1) is 9.61. The van der Waals surface area contributed by atoms with Gasteiger partial charge in [0.2, 0.25) is 11.2 Å². The maximum atomic E-state index is 10.9. The Balaban J connectivity index is 2.20. The van der Waals surface area contributed by atoms with Crippen LogP contribution >= 0.6 is 11.3 Å². The maximum absolute atomic E-state index is 10.9. The first-order valence-corrected chi connectivity index (χ1v) is 6.25. The van der Waals surface area contributed by atoms with Crippen LogP contribution < -0.4 is 4.74 Å². The molecule has 0 saturated heterocycles. The van der Waals surface area contributed by atoms with Crippen molar-refractivity contribution < 1.29 is 14.5 Å². The van der Waals surface area contributed by atoms with E-state index in [9.17, 15) is 14.9 Å². The Morgan fingerprint density at radius 1 is 1.45 bits per heavy atom. The number of benzene rings is 1. The Hall–Kier alpha value is -2.64. The topological polar surface area (TPSA) is 108 Å². The second-order valence-corrected chi connectivity index (χ2v) is 4.60. The summed E-state index contributed by atoms with van der Waals surface area (Å²) in [5.41, 5.74) is -0.130. The molecule has 0 aliphatic heterocycles. The third kappa shape index (κ3) is 3.02. The van der Waals surface area contributed by atoms with Gasteiger partial charge in [0.25, 0.3) is 0 Å². The predicted molar refractivity (Wildman–Crippen MR) is 69.8 cm³/mol. The van der Waals surface area contributed by atoms with Gasteiger partial charge in [0, 0.05) is 6.07 Å². The molecule has 0 N–H and O–H groups in total. The summed E-state index contributed by atoms with van der Waals surface area (Å²) in [6.07, 6.45) is 0.811. The predicted octanol–water partition coefficient (Wildman–Crippen LogP) is 2.55. The molecule has 0 aliphatic carbocycles. The van der Waals surface area contributed by atoms with Gasteiger partial charge in [0.15, 0.2) is 10.8 Å². The molecule has 1 unspecified atom stereocenters. The van der Waals surface area contributed by atoms with Crippen LogP contribution in [0.5, 0.6) is 5.75 Å². The van der Waals surface area contributed by atoms with E-state index >= 15 is 0 Å². The lowest BCUT2D eigenvalue weighted by molar-refractivity contribution is -0.386. The van der Waals surface area contributed by atoms with Crippen LogP contribution in [0.4, 0.5) is 10.8 Å². The third-order valence-corrected chi connectivity index (χ3v) is 3.26. The van der Waals surface area contributed by atoms with Crippen molar-refractivity contribution in [1.82, 2.24) is 10.2 Å². The van der Waals surface area contributed by atoms with E-state index in [-0.39, 0.29) is 16.6 Å². The number of hydrogen-bond acceptors (Lipinski definition) is 8. The first-order valence-electron chi connectivity index (χ1n) is 5.43. The van der Waals surface area contributed by atoms with Crippen molar-refractivity contribution in [3.05, 3.63) is 39.4 Å². The van der Waals surface area contributed by atoms with Crippen LogP contribution in [0.1, 0.15) is 18.0 Å². The molecule has 8 nitrogen and oxygen atoms in total. The molecule has 0 aliphatic rings. The fourth-order valence-corrected chi connectivity index (χ4v) is 2.07. The van der Waals surface area contributed by atoms with E-state index in [2.05, 4.69) is 15.2 Å². The van der Waals surface area contributed by atoms with E-state index in [0.29, 0.717) is 5.01 Å². The smallest absolute Gasteiger partial charge is 0.310 e. The van der Waals surface area contributed by atoms with Crippen molar-refractivity contribution in [2.45, 2.75) is 13.0 Å². The van der Waals surface area contributed by atoms with Crippen molar-refractivity contribution in [3.63, 3.8) is 0 Å². The van der Waals surface area contributed by atoms with Gasteiger partial charge in [0.05, 0.1) is 4.92 Å². The van der Waals surface area contributed by atoms with E-state index in [4.69, 9.17) is 4.74 Å². The highest BCUT2D eigenvalue weighted by molar-refractivity contribution is 7.15. The number of ether oxygens (including phenoxy) is 1. The van der Waals surface area contributed by atoms with Gasteiger partial charge in [0.1, 0.15) is 6.10 Å². The second kappa shape index (κ2) is 6.00. The zero-order valence-electron chi connectivity index (χ0n) is 10.2. The SMILES string of the molecule is CC(Oc1ccccc1[N+](=O)[O-])c1nnc(N=C=O)s1. The fraction of sp³-hybridized carbons (Fsp3) is 0.182. The summed E-state index contributed by atoms with van der Waals surface area (Å²) in [5, 5.41) is 18.9. The van der Waals surface area contributed by atoms with Crippen LogP contribution in [0.2, 0.25) is 0 Å². The summed E-state index contributed by atoms with van der Waals surface area (Å²) in [5.74, 6) is 0.139. The lowest BCUT2D eigenvalue weighted by Crippen LogP contribution is -2.04. The van der Waals surface area contributed by atoms with E-state index in [1.54, 1.807) is 19.1 Å². The minimum atomic E-state index is -0.552. The normalized spacial score (nSPS) is 11.4. The highest BCUT2D eigenvalue weighted by atomic mass is 32.1. The standard InChI is InChI=1S/C11H8N4O4S/c1-7(10-13-14-11(20-10)12-6-16)19-9-5-3-2-4-8(9)15(17)18/h2-5,7H,1H3. The van der Waals surface area contributed by atoms with Gasteiger partial charge in [-0.05, 0) is 13.0 Å². The third-order valence-electron chi connectivity index (χ3n) is 2.28. The number of hydrogen-bond donors (Lipinski definition) is 0. The van der Waals surface area contributed by atoms with Gasteiger partial charge >= 0.3 is 5.69 Å². The Kier molecular flexibility index (Phi) is 4.14. The Morgan fingerprint density at radius 2 is 2.20 bits per heavy atom. The van der Waals surface area contributed by atoms with Crippen LogP contribution in [0.15, 0.2) is 29.3 Å². The van der Waals surface area contributed by atoms with Gasteiger partial charge < -0.3 is 4.74 Å². The van der Waals surface area contributed by atoms with Crippen LogP contribution in [0, 0.1) is 10.1 Å². The molecular weight excluding hydrogens is 284 g/mol. The molecule has 0 fully saturated rings. The average Bonchev–Trinajstić information content (AvgIpc) is 2.88. The number of isocyanates is 1. The summed E-state index contributed by atoms with van der Waals surface area (Å²) >= 11 is 1.05. The largest absolute Gasteiger partial charge is 0.476 e. The minimum absolute atomic E-state index is 0.130. The molecule has 102 valence electrons. The molecular formula is C11H8N4O4S. The van der Waals surface area contributed by atoms with Crippen molar-refractivity contribution >= 4 is 28.2 Å². The lowest BCUT2D eigenvalue weighted by atomic mass is 10.3. The molecule has 0 spiro atoms. The number of nitrogens with zero attached hydrogens (tertiary/aromatic N) is 4. The van der Waals surface area contributed by atoms with Crippen LogP contribution in [0.3, 0.4) is 0 Å². The van der Waals surface area contributed by atoms with E-state index in [1.165, 1.54) is 18.2 Å². The van der Waals surface area contributed by atoms with Gasteiger partial charge in [-0.2, -0.15) is 0 Å². The summed E-state index contributed by atoms with van der Waals surface area (Å²) in [7, 11) is 0. The molecule has 0 amide bonds.